The summed E-state index contributed by atoms with van der Waals surface area (Å²) in [6.45, 7) is 5.01. The first-order valence-electron chi connectivity index (χ1n) is 8.03. The van der Waals surface area contributed by atoms with Crippen LogP contribution in [0.4, 0.5) is 0 Å². The van der Waals surface area contributed by atoms with Crippen LogP contribution in [0.2, 0.25) is 0 Å². The van der Waals surface area contributed by atoms with Crippen molar-refractivity contribution in [3.8, 4) is 0 Å². The zero-order chi connectivity index (χ0) is 14.6. The van der Waals surface area contributed by atoms with Crippen molar-refractivity contribution in [1.82, 2.24) is 5.32 Å². The maximum Gasteiger partial charge on any atom is 0.313 e. The van der Waals surface area contributed by atoms with Crippen molar-refractivity contribution >= 4 is 5.97 Å². The Morgan fingerprint density at radius 1 is 1.20 bits per heavy atom. The van der Waals surface area contributed by atoms with Gasteiger partial charge in [0, 0.05) is 12.6 Å². The first-order valence-corrected chi connectivity index (χ1v) is 8.03. The van der Waals surface area contributed by atoms with Gasteiger partial charge in [-0.2, -0.15) is 0 Å². The predicted octanol–water partition coefficient (Wildman–Crippen LogP) is 2.66. The topological polar surface area (TPSA) is 47.6 Å². The fraction of sp³-hybridized carbons (Fsp3) is 0.938. The second kappa shape index (κ2) is 6.90. The van der Waals surface area contributed by atoms with Crippen molar-refractivity contribution in [2.24, 2.45) is 5.41 Å². The molecule has 0 aromatic heterocycles. The largest absolute Gasteiger partial charge is 0.469 e. The summed E-state index contributed by atoms with van der Waals surface area (Å²) in [6, 6.07) is 0.456. The molecule has 0 radical (unpaired) electrons. The predicted molar refractivity (Wildman–Crippen MR) is 78.6 cm³/mol. The summed E-state index contributed by atoms with van der Waals surface area (Å²) >= 11 is 0. The molecule has 0 amide bonds. The maximum absolute atomic E-state index is 12.2. The van der Waals surface area contributed by atoms with E-state index in [2.05, 4.69) is 19.2 Å². The van der Waals surface area contributed by atoms with Gasteiger partial charge in [-0.05, 0) is 39.5 Å². The van der Waals surface area contributed by atoms with Crippen LogP contribution in [-0.2, 0) is 14.3 Å². The SMILES string of the molecule is COC(=O)C1(CNC2CC(C)OC(C)C2)CCCCC1. The number of methoxy groups -OCH3 is 1. The molecule has 0 spiro atoms. The molecule has 2 fully saturated rings. The molecule has 20 heavy (non-hydrogen) atoms. The normalized spacial score (nSPS) is 33.6. The van der Waals surface area contributed by atoms with Crippen LogP contribution in [0.15, 0.2) is 0 Å². The molecule has 2 aliphatic rings. The number of rotatable bonds is 4. The lowest BCUT2D eigenvalue weighted by molar-refractivity contribution is -0.154. The summed E-state index contributed by atoms with van der Waals surface area (Å²) in [4.78, 5) is 12.2. The van der Waals surface area contributed by atoms with E-state index in [9.17, 15) is 4.79 Å². The number of carbonyl (C=O) groups is 1. The molecule has 0 aromatic rings. The molecule has 0 aromatic carbocycles. The van der Waals surface area contributed by atoms with E-state index in [-0.39, 0.29) is 11.4 Å². The van der Waals surface area contributed by atoms with Crippen molar-refractivity contribution in [2.45, 2.75) is 77.0 Å². The first kappa shape index (κ1) is 15.8. The molecular formula is C16H29NO3. The molecule has 1 heterocycles. The quantitative estimate of drug-likeness (QED) is 0.806. The van der Waals surface area contributed by atoms with E-state index in [0.717, 1.165) is 45.1 Å². The number of ether oxygens (including phenoxy) is 2. The minimum absolute atomic E-state index is 0.0298. The zero-order valence-electron chi connectivity index (χ0n) is 13.1. The number of hydrogen-bond acceptors (Lipinski definition) is 4. The summed E-state index contributed by atoms with van der Waals surface area (Å²) in [5.41, 5.74) is -0.294. The summed E-state index contributed by atoms with van der Waals surface area (Å²) in [6.07, 6.45) is 8.10. The van der Waals surface area contributed by atoms with Crippen molar-refractivity contribution in [3.05, 3.63) is 0 Å². The van der Waals surface area contributed by atoms with Gasteiger partial charge in [-0.1, -0.05) is 19.3 Å². The Morgan fingerprint density at radius 2 is 1.80 bits per heavy atom. The minimum Gasteiger partial charge on any atom is -0.469 e. The third-order valence-electron chi connectivity index (χ3n) is 4.86. The molecule has 2 rings (SSSR count). The fourth-order valence-corrected chi connectivity index (χ4v) is 3.81. The van der Waals surface area contributed by atoms with Gasteiger partial charge in [-0.3, -0.25) is 4.79 Å². The van der Waals surface area contributed by atoms with Crippen molar-refractivity contribution in [2.75, 3.05) is 13.7 Å². The van der Waals surface area contributed by atoms with Crippen LogP contribution in [0.5, 0.6) is 0 Å². The van der Waals surface area contributed by atoms with E-state index in [4.69, 9.17) is 9.47 Å². The molecule has 4 nitrogen and oxygen atoms in total. The summed E-state index contributed by atoms with van der Waals surface area (Å²) in [5, 5.41) is 3.63. The van der Waals surface area contributed by atoms with Gasteiger partial charge in [-0.25, -0.2) is 0 Å². The second-order valence-electron chi connectivity index (χ2n) is 6.64. The number of esters is 1. The van der Waals surface area contributed by atoms with E-state index in [1.807, 2.05) is 0 Å². The number of nitrogens with one attached hydrogen (secondary N) is 1. The molecular weight excluding hydrogens is 254 g/mol. The van der Waals surface area contributed by atoms with Crippen LogP contribution in [0.3, 0.4) is 0 Å². The average Bonchev–Trinajstić information content (AvgIpc) is 2.44. The molecule has 116 valence electrons. The Kier molecular flexibility index (Phi) is 5.44. The van der Waals surface area contributed by atoms with Crippen LogP contribution in [0, 0.1) is 5.41 Å². The molecule has 2 unspecified atom stereocenters. The second-order valence-corrected chi connectivity index (χ2v) is 6.64. The van der Waals surface area contributed by atoms with Crippen molar-refractivity contribution in [1.29, 1.82) is 0 Å². The highest BCUT2D eigenvalue weighted by Crippen LogP contribution is 2.37. The Balaban J connectivity index is 1.93. The molecule has 1 aliphatic carbocycles. The Morgan fingerprint density at radius 3 is 2.35 bits per heavy atom. The van der Waals surface area contributed by atoms with Gasteiger partial charge in [-0.15, -0.1) is 0 Å². The van der Waals surface area contributed by atoms with Gasteiger partial charge < -0.3 is 14.8 Å². The molecule has 0 bridgehead atoms. The van der Waals surface area contributed by atoms with E-state index in [1.165, 1.54) is 13.5 Å². The van der Waals surface area contributed by atoms with Crippen LogP contribution in [-0.4, -0.2) is 37.9 Å². The molecule has 1 N–H and O–H groups in total. The van der Waals surface area contributed by atoms with Crippen molar-refractivity contribution in [3.63, 3.8) is 0 Å². The Labute approximate surface area is 122 Å². The van der Waals surface area contributed by atoms with Crippen molar-refractivity contribution < 1.29 is 14.3 Å². The molecule has 1 aliphatic heterocycles. The van der Waals surface area contributed by atoms with Gasteiger partial charge in [0.2, 0.25) is 0 Å². The van der Waals surface area contributed by atoms with Crippen LogP contribution in [0.25, 0.3) is 0 Å². The van der Waals surface area contributed by atoms with Crippen LogP contribution in [0.1, 0.15) is 58.8 Å². The molecule has 2 atom stereocenters. The summed E-state index contributed by atoms with van der Waals surface area (Å²) in [5.74, 6) is -0.0298. The summed E-state index contributed by atoms with van der Waals surface area (Å²) in [7, 11) is 1.51. The Bertz CT molecular complexity index is 316. The third-order valence-corrected chi connectivity index (χ3v) is 4.86. The van der Waals surface area contributed by atoms with Gasteiger partial charge in [0.05, 0.1) is 24.7 Å². The monoisotopic (exact) mass is 283 g/mol. The van der Waals surface area contributed by atoms with Gasteiger partial charge in [0.1, 0.15) is 0 Å². The first-order chi connectivity index (χ1) is 9.55. The van der Waals surface area contributed by atoms with E-state index in [1.54, 1.807) is 0 Å². The minimum atomic E-state index is -0.294. The van der Waals surface area contributed by atoms with E-state index >= 15 is 0 Å². The lowest BCUT2D eigenvalue weighted by Gasteiger charge is -2.38. The molecule has 1 saturated heterocycles. The Hall–Kier alpha value is -0.610. The van der Waals surface area contributed by atoms with E-state index < -0.39 is 0 Å². The highest BCUT2D eigenvalue weighted by molar-refractivity contribution is 5.77. The smallest absolute Gasteiger partial charge is 0.313 e. The zero-order valence-corrected chi connectivity index (χ0v) is 13.1. The van der Waals surface area contributed by atoms with Crippen LogP contribution < -0.4 is 5.32 Å². The van der Waals surface area contributed by atoms with E-state index in [0.29, 0.717) is 18.2 Å². The standard InChI is InChI=1S/C16H29NO3/c1-12-9-14(10-13(2)20-12)17-11-16(15(18)19-3)7-5-4-6-8-16/h12-14,17H,4-11H2,1-3H3. The maximum atomic E-state index is 12.2. The summed E-state index contributed by atoms with van der Waals surface area (Å²) < 4.78 is 10.8. The van der Waals surface area contributed by atoms with Gasteiger partial charge in [0.25, 0.3) is 0 Å². The fourth-order valence-electron chi connectivity index (χ4n) is 3.81. The third kappa shape index (κ3) is 3.73. The number of hydrogen-bond donors (Lipinski definition) is 1. The highest BCUT2D eigenvalue weighted by Gasteiger charge is 2.41. The van der Waals surface area contributed by atoms with Crippen LogP contribution >= 0.6 is 0 Å². The highest BCUT2D eigenvalue weighted by atomic mass is 16.5. The lowest BCUT2D eigenvalue weighted by Crippen LogP contribution is -2.49. The number of carbonyl (C=O) groups excluding carboxylic acids is 1. The average molecular weight is 283 g/mol. The van der Waals surface area contributed by atoms with Gasteiger partial charge >= 0.3 is 5.97 Å². The lowest BCUT2D eigenvalue weighted by atomic mass is 9.73. The molecule has 4 heteroatoms. The van der Waals surface area contributed by atoms with Gasteiger partial charge in [0.15, 0.2) is 0 Å². The molecule has 1 saturated carbocycles.